The molecule has 3 N–H and O–H groups in total. The number of nitrogens with zero attached hydrogens (tertiary/aromatic N) is 2. The summed E-state index contributed by atoms with van der Waals surface area (Å²) < 4.78 is 0. The number of aromatic nitrogens is 1. The molecule has 0 aliphatic rings. The molecule has 0 bridgehead atoms. The standard InChI is InChI=1S/C12H20N4OS/c1-4-7-14-12-15-10(13)9(18-12)11(17)16(6-3)8-5-2/h5H,2,4,6-8,13H2,1,3H3,(H,14,15). The normalized spacial score (nSPS) is 10.1. The molecule has 0 aliphatic heterocycles. The summed E-state index contributed by atoms with van der Waals surface area (Å²) in [4.78, 5) is 18.6. The van der Waals surface area contributed by atoms with Crippen molar-refractivity contribution in [2.24, 2.45) is 0 Å². The molecule has 0 aliphatic carbocycles. The molecule has 0 saturated carbocycles. The number of rotatable bonds is 7. The van der Waals surface area contributed by atoms with Gasteiger partial charge in [0.15, 0.2) is 5.13 Å². The van der Waals surface area contributed by atoms with E-state index in [0.29, 0.717) is 28.9 Å². The van der Waals surface area contributed by atoms with Crippen molar-refractivity contribution in [3.8, 4) is 0 Å². The fourth-order valence-electron chi connectivity index (χ4n) is 1.45. The zero-order valence-corrected chi connectivity index (χ0v) is 11.7. The number of carbonyl (C=O) groups excluding carboxylic acids is 1. The van der Waals surface area contributed by atoms with Gasteiger partial charge in [0.2, 0.25) is 0 Å². The Labute approximate surface area is 112 Å². The van der Waals surface area contributed by atoms with Gasteiger partial charge in [0.1, 0.15) is 10.7 Å². The molecular weight excluding hydrogens is 248 g/mol. The second-order valence-corrected chi connectivity index (χ2v) is 4.79. The number of nitrogens with one attached hydrogen (secondary N) is 1. The Bertz CT molecular complexity index is 416. The molecule has 0 unspecified atom stereocenters. The maximum Gasteiger partial charge on any atom is 0.268 e. The van der Waals surface area contributed by atoms with Crippen molar-refractivity contribution in [2.45, 2.75) is 20.3 Å². The summed E-state index contributed by atoms with van der Waals surface area (Å²) in [6.45, 7) is 9.60. The van der Waals surface area contributed by atoms with E-state index in [2.05, 4.69) is 23.8 Å². The molecule has 1 rings (SSSR count). The predicted octanol–water partition coefficient (Wildman–Crippen LogP) is 2.20. The minimum Gasteiger partial charge on any atom is -0.382 e. The first-order chi connectivity index (χ1) is 8.63. The van der Waals surface area contributed by atoms with E-state index >= 15 is 0 Å². The van der Waals surface area contributed by atoms with Crippen LogP contribution in [0.2, 0.25) is 0 Å². The lowest BCUT2D eigenvalue weighted by Crippen LogP contribution is -2.30. The zero-order valence-electron chi connectivity index (χ0n) is 10.9. The summed E-state index contributed by atoms with van der Waals surface area (Å²) in [5, 5.41) is 3.84. The Hall–Kier alpha value is -1.56. The van der Waals surface area contributed by atoms with Crippen LogP contribution in [0.4, 0.5) is 10.9 Å². The Kier molecular flexibility index (Phi) is 5.64. The van der Waals surface area contributed by atoms with Gasteiger partial charge >= 0.3 is 0 Å². The van der Waals surface area contributed by atoms with Crippen molar-refractivity contribution in [3.63, 3.8) is 0 Å². The molecule has 0 radical (unpaired) electrons. The third kappa shape index (κ3) is 3.46. The van der Waals surface area contributed by atoms with Crippen LogP contribution < -0.4 is 11.1 Å². The van der Waals surface area contributed by atoms with Crippen molar-refractivity contribution in [2.75, 3.05) is 30.7 Å². The topological polar surface area (TPSA) is 71.2 Å². The largest absolute Gasteiger partial charge is 0.382 e. The summed E-state index contributed by atoms with van der Waals surface area (Å²) in [5.74, 6) is 0.211. The van der Waals surface area contributed by atoms with Gasteiger partial charge in [-0.25, -0.2) is 4.98 Å². The average Bonchev–Trinajstić information content (AvgIpc) is 2.74. The molecule has 1 heterocycles. The number of carbonyl (C=O) groups is 1. The first kappa shape index (κ1) is 14.5. The maximum atomic E-state index is 12.2. The highest BCUT2D eigenvalue weighted by molar-refractivity contribution is 7.18. The lowest BCUT2D eigenvalue weighted by molar-refractivity contribution is 0.0787. The third-order valence-electron chi connectivity index (χ3n) is 2.39. The van der Waals surface area contributed by atoms with Gasteiger partial charge in [0, 0.05) is 19.6 Å². The van der Waals surface area contributed by atoms with Crippen LogP contribution in [0.5, 0.6) is 0 Å². The molecular formula is C12H20N4OS. The Morgan fingerprint density at radius 3 is 2.89 bits per heavy atom. The minimum absolute atomic E-state index is 0.0862. The third-order valence-corrected chi connectivity index (χ3v) is 3.41. The van der Waals surface area contributed by atoms with E-state index in [1.165, 1.54) is 11.3 Å². The van der Waals surface area contributed by atoms with E-state index in [4.69, 9.17) is 5.73 Å². The van der Waals surface area contributed by atoms with Crippen LogP contribution in [0, 0.1) is 0 Å². The molecule has 1 amide bonds. The molecule has 100 valence electrons. The highest BCUT2D eigenvalue weighted by Crippen LogP contribution is 2.26. The van der Waals surface area contributed by atoms with Gasteiger partial charge in [-0.15, -0.1) is 6.58 Å². The molecule has 0 fully saturated rings. The fourth-order valence-corrected chi connectivity index (χ4v) is 2.33. The smallest absolute Gasteiger partial charge is 0.268 e. The molecule has 5 nitrogen and oxygen atoms in total. The first-order valence-electron chi connectivity index (χ1n) is 6.04. The summed E-state index contributed by atoms with van der Waals surface area (Å²) in [6.07, 6.45) is 2.70. The Morgan fingerprint density at radius 2 is 2.33 bits per heavy atom. The highest BCUT2D eigenvalue weighted by atomic mass is 32.1. The number of anilines is 2. The number of hydrogen-bond donors (Lipinski definition) is 2. The van der Waals surface area contributed by atoms with Crippen molar-refractivity contribution in [1.29, 1.82) is 0 Å². The fraction of sp³-hybridized carbons (Fsp3) is 0.500. The van der Waals surface area contributed by atoms with E-state index in [0.717, 1.165) is 13.0 Å². The molecule has 1 aromatic rings. The Morgan fingerprint density at radius 1 is 1.61 bits per heavy atom. The molecule has 6 heteroatoms. The van der Waals surface area contributed by atoms with Crippen molar-refractivity contribution in [3.05, 3.63) is 17.5 Å². The number of likely N-dealkylation sites (N-methyl/N-ethyl adjacent to an activating group) is 1. The van der Waals surface area contributed by atoms with Crippen LogP contribution in [0.15, 0.2) is 12.7 Å². The molecule has 1 aromatic heterocycles. The first-order valence-corrected chi connectivity index (χ1v) is 6.86. The van der Waals surface area contributed by atoms with Crippen LogP contribution in [0.25, 0.3) is 0 Å². The summed E-state index contributed by atoms with van der Waals surface area (Å²) in [5.41, 5.74) is 5.79. The minimum atomic E-state index is -0.0862. The van der Waals surface area contributed by atoms with Gasteiger partial charge in [-0.3, -0.25) is 4.79 Å². The van der Waals surface area contributed by atoms with Gasteiger partial charge in [-0.2, -0.15) is 0 Å². The van der Waals surface area contributed by atoms with Crippen LogP contribution in [-0.2, 0) is 0 Å². The predicted molar refractivity (Wildman–Crippen MR) is 77.1 cm³/mol. The quantitative estimate of drug-likeness (QED) is 0.744. The van der Waals surface area contributed by atoms with Crippen molar-refractivity contribution in [1.82, 2.24) is 9.88 Å². The van der Waals surface area contributed by atoms with Crippen LogP contribution in [0.1, 0.15) is 29.9 Å². The van der Waals surface area contributed by atoms with Crippen LogP contribution in [-0.4, -0.2) is 35.4 Å². The Balaban J connectivity index is 2.84. The summed E-state index contributed by atoms with van der Waals surface area (Å²) >= 11 is 1.30. The lowest BCUT2D eigenvalue weighted by atomic mass is 10.4. The molecule has 18 heavy (non-hydrogen) atoms. The molecule has 0 saturated heterocycles. The van der Waals surface area contributed by atoms with Crippen molar-refractivity contribution < 1.29 is 4.79 Å². The molecule has 0 atom stereocenters. The van der Waals surface area contributed by atoms with Gasteiger partial charge in [0.05, 0.1) is 0 Å². The number of amides is 1. The van der Waals surface area contributed by atoms with E-state index in [1.54, 1.807) is 11.0 Å². The van der Waals surface area contributed by atoms with Gasteiger partial charge < -0.3 is 16.0 Å². The number of nitrogens with two attached hydrogens (primary N) is 1. The SMILES string of the molecule is C=CCN(CC)C(=O)c1sc(NCCC)nc1N. The molecule has 0 spiro atoms. The summed E-state index contributed by atoms with van der Waals surface area (Å²) in [7, 11) is 0. The van der Waals surface area contributed by atoms with E-state index in [-0.39, 0.29) is 5.91 Å². The van der Waals surface area contributed by atoms with E-state index < -0.39 is 0 Å². The average molecular weight is 268 g/mol. The van der Waals surface area contributed by atoms with Crippen LogP contribution in [0.3, 0.4) is 0 Å². The highest BCUT2D eigenvalue weighted by Gasteiger charge is 2.20. The number of hydrogen-bond acceptors (Lipinski definition) is 5. The van der Waals surface area contributed by atoms with E-state index in [9.17, 15) is 4.79 Å². The van der Waals surface area contributed by atoms with Gasteiger partial charge in [-0.1, -0.05) is 24.3 Å². The lowest BCUT2D eigenvalue weighted by Gasteiger charge is -2.17. The van der Waals surface area contributed by atoms with Crippen molar-refractivity contribution >= 4 is 28.2 Å². The van der Waals surface area contributed by atoms with E-state index in [1.807, 2.05) is 6.92 Å². The number of thiazole rings is 1. The molecule has 0 aromatic carbocycles. The second-order valence-electron chi connectivity index (χ2n) is 3.79. The van der Waals surface area contributed by atoms with Gasteiger partial charge in [0.25, 0.3) is 5.91 Å². The zero-order chi connectivity index (χ0) is 13.5. The number of nitrogen functional groups attached to an aromatic ring is 1. The maximum absolute atomic E-state index is 12.2. The second kappa shape index (κ2) is 7.00. The summed E-state index contributed by atoms with van der Waals surface area (Å²) in [6, 6.07) is 0. The van der Waals surface area contributed by atoms with Crippen LogP contribution >= 0.6 is 11.3 Å². The monoisotopic (exact) mass is 268 g/mol. The van der Waals surface area contributed by atoms with Gasteiger partial charge in [-0.05, 0) is 13.3 Å².